The van der Waals surface area contributed by atoms with Crippen molar-refractivity contribution in [1.82, 2.24) is 0 Å². The number of benzene rings is 2. The van der Waals surface area contributed by atoms with E-state index in [1.165, 1.54) is 12.1 Å². The Morgan fingerprint density at radius 1 is 0.636 bits per heavy atom. The summed E-state index contributed by atoms with van der Waals surface area (Å²) in [6, 6.07) is 6.98. The first-order valence-electron chi connectivity index (χ1n) is 5.53. The van der Waals surface area contributed by atoms with Gasteiger partial charge in [-0.05, 0) is 47.5 Å². The van der Waals surface area contributed by atoms with Crippen LogP contribution in [0.2, 0.25) is 10.0 Å². The molecule has 0 aliphatic carbocycles. The largest absolute Gasteiger partial charge is 0.294 e. The Hall–Kier alpha value is -1.16. The van der Waals surface area contributed by atoms with E-state index in [0.29, 0.717) is 0 Å². The molecule has 0 aliphatic heterocycles. The molecule has 0 radical (unpaired) electrons. The first-order chi connectivity index (χ1) is 9.96. The van der Waals surface area contributed by atoms with Crippen molar-refractivity contribution >= 4 is 43.4 Å². The molecule has 0 fully saturated rings. The van der Waals surface area contributed by atoms with Crippen molar-refractivity contribution in [2.75, 3.05) is 0 Å². The fourth-order valence-electron chi connectivity index (χ4n) is 1.76. The molecular weight excluding hydrogens is 375 g/mol. The van der Waals surface area contributed by atoms with E-state index < -0.39 is 30.0 Å². The molecule has 0 saturated heterocycles. The second-order valence-corrected chi connectivity index (χ2v) is 8.02. The van der Waals surface area contributed by atoms with Gasteiger partial charge in [-0.2, -0.15) is 16.8 Å². The van der Waals surface area contributed by atoms with Crippen molar-refractivity contribution in [3.05, 3.63) is 46.4 Å². The van der Waals surface area contributed by atoms with Crippen molar-refractivity contribution in [3.63, 3.8) is 0 Å². The molecule has 2 aromatic rings. The van der Waals surface area contributed by atoms with Crippen molar-refractivity contribution in [1.29, 1.82) is 0 Å². The Labute approximate surface area is 136 Å². The van der Waals surface area contributed by atoms with E-state index in [1.807, 2.05) is 0 Å². The zero-order valence-corrected chi connectivity index (χ0v) is 13.7. The maximum absolute atomic E-state index is 11.2. The number of hydrogen-bond donors (Lipinski definition) is 2. The molecule has 0 unspecified atom stereocenters. The SMILES string of the molecule is O=S(=O)(O)c1cc(Cl)cc(-c2cc(Cl)cc(S(=O)(=O)O)c2)c1. The van der Waals surface area contributed by atoms with Crippen molar-refractivity contribution in [2.24, 2.45) is 0 Å². The predicted molar refractivity (Wildman–Crippen MR) is 81.5 cm³/mol. The molecule has 118 valence electrons. The third-order valence-corrected chi connectivity index (χ3v) is 4.77. The van der Waals surface area contributed by atoms with Crippen LogP contribution in [0.4, 0.5) is 0 Å². The molecule has 0 aromatic heterocycles. The summed E-state index contributed by atoms with van der Waals surface area (Å²) in [5.41, 5.74) is 0.403. The second kappa shape index (κ2) is 5.80. The van der Waals surface area contributed by atoms with Gasteiger partial charge in [-0.3, -0.25) is 9.11 Å². The van der Waals surface area contributed by atoms with E-state index in [-0.39, 0.29) is 21.2 Å². The minimum atomic E-state index is -4.49. The summed E-state index contributed by atoms with van der Waals surface area (Å²) in [5, 5.41) is 0.0250. The van der Waals surface area contributed by atoms with Crippen LogP contribution in [0.3, 0.4) is 0 Å². The first kappa shape index (κ1) is 17.2. The van der Waals surface area contributed by atoms with E-state index in [4.69, 9.17) is 32.3 Å². The van der Waals surface area contributed by atoms with Crippen LogP contribution in [-0.4, -0.2) is 25.9 Å². The van der Waals surface area contributed by atoms with Gasteiger partial charge in [0, 0.05) is 10.0 Å². The lowest BCUT2D eigenvalue weighted by atomic mass is 10.1. The third-order valence-electron chi connectivity index (χ3n) is 2.67. The van der Waals surface area contributed by atoms with Gasteiger partial charge in [0.05, 0.1) is 9.79 Å². The molecule has 0 aliphatic rings. The average molecular weight is 383 g/mol. The number of halogens is 2. The van der Waals surface area contributed by atoms with Crippen LogP contribution < -0.4 is 0 Å². The van der Waals surface area contributed by atoms with Gasteiger partial charge in [0.1, 0.15) is 0 Å². The van der Waals surface area contributed by atoms with Crippen LogP contribution in [0.1, 0.15) is 0 Å². The molecule has 0 amide bonds. The molecule has 0 heterocycles. The summed E-state index contributed by atoms with van der Waals surface area (Å²) >= 11 is 11.6. The summed E-state index contributed by atoms with van der Waals surface area (Å²) < 4.78 is 62.9. The summed E-state index contributed by atoms with van der Waals surface area (Å²) in [6.45, 7) is 0. The van der Waals surface area contributed by atoms with Crippen molar-refractivity contribution in [3.8, 4) is 11.1 Å². The highest BCUT2D eigenvalue weighted by atomic mass is 35.5. The molecule has 0 atom stereocenters. The van der Waals surface area contributed by atoms with Crippen molar-refractivity contribution < 1.29 is 25.9 Å². The molecule has 0 saturated carbocycles. The molecule has 2 aromatic carbocycles. The fourth-order valence-corrected chi connectivity index (χ4v) is 3.46. The van der Waals surface area contributed by atoms with E-state index in [1.54, 1.807) is 0 Å². The standard InChI is InChI=1S/C12H8Cl2O6S2/c13-9-1-7(3-11(5-9)21(15,16)17)8-2-10(14)6-12(4-8)22(18,19)20/h1-6H,(H,15,16,17)(H,18,19,20). The average Bonchev–Trinajstić information content (AvgIpc) is 2.35. The molecule has 0 bridgehead atoms. The van der Waals surface area contributed by atoms with Crippen LogP contribution >= 0.6 is 23.2 Å². The lowest BCUT2D eigenvalue weighted by molar-refractivity contribution is 0.481. The highest BCUT2D eigenvalue weighted by Crippen LogP contribution is 2.30. The topological polar surface area (TPSA) is 109 Å². The Morgan fingerprint density at radius 2 is 0.955 bits per heavy atom. The van der Waals surface area contributed by atoms with E-state index in [9.17, 15) is 16.8 Å². The van der Waals surface area contributed by atoms with Gasteiger partial charge in [0.15, 0.2) is 0 Å². The third kappa shape index (κ3) is 3.97. The van der Waals surface area contributed by atoms with Crippen molar-refractivity contribution in [2.45, 2.75) is 9.79 Å². The minimum Gasteiger partial charge on any atom is -0.282 e. The zero-order chi connectivity index (χ0) is 16.7. The van der Waals surface area contributed by atoms with Crippen LogP contribution in [0.5, 0.6) is 0 Å². The zero-order valence-electron chi connectivity index (χ0n) is 10.6. The monoisotopic (exact) mass is 382 g/mol. The van der Waals surface area contributed by atoms with Crippen LogP contribution in [0, 0.1) is 0 Å². The van der Waals surface area contributed by atoms with E-state index in [0.717, 1.165) is 24.3 Å². The quantitative estimate of drug-likeness (QED) is 0.789. The maximum atomic E-state index is 11.2. The normalized spacial score (nSPS) is 12.4. The van der Waals surface area contributed by atoms with Crippen LogP contribution in [-0.2, 0) is 20.2 Å². The van der Waals surface area contributed by atoms with Crippen LogP contribution in [0.25, 0.3) is 11.1 Å². The highest BCUT2D eigenvalue weighted by molar-refractivity contribution is 7.86. The van der Waals surface area contributed by atoms with Gasteiger partial charge in [-0.15, -0.1) is 0 Å². The summed E-state index contributed by atoms with van der Waals surface area (Å²) in [5.74, 6) is 0. The van der Waals surface area contributed by atoms with Gasteiger partial charge < -0.3 is 0 Å². The minimum absolute atomic E-state index is 0.0125. The molecular formula is C12H8Cl2O6S2. The van der Waals surface area contributed by atoms with Gasteiger partial charge in [-0.25, -0.2) is 0 Å². The number of rotatable bonds is 3. The first-order valence-corrected chi connectivity index (χ1v) is 9.17. The Kier molecular flexibility index (Phi) is 4.54. The predicted octanol–water partition coefficient (Wildman–Crippen LogP) is 3.15. The molecule has 2 rings (SSSR count). The van der Waals surface area contributed by atoms with Gasteiger partial charge in [-0.1, -0.05) is 23.2 Å². The fraction of sp³-hybridized carbons (Fsp3) is 0. The lowest BCUT2D eigenvalue weighted by Crippen LogP contribution is -2.00. The Morgan fingerprint density at radius 3 is 1.23 bits per heavy atom. The summed E-state index contributed by atoms with van der Waals surface area (Å²) in [4.78, 5) is -0.910. The Balaban J connectivity index is 2.72. The highest BCUT2D eigenvalue weighted by Gasteiger charge is 2.16. The Bertz CT molecular complexity index is 872. The van der Waals surface area contributed by atoms with E-state index in [2.05, 4.69) is 0 Å². The molecule has 2 N–H and O–H groups in total. The smallest absolute Gasteiger partial charge is 0.282 e. The molecule has 0 spiro atoms. The molecule has 22 heavy (non-hydrogen) atoms. The summed E-state index contributed by atoms with van der Waals surface area (Å²) in [6.07, 6.45) is 0. The van der Waals surface area contributed by atoms with Crippen LogP contribution in [0.15, 0.2) is 46.2 Å². The van der Waals surface area contributed by atoms with E-state index >= 15 is 0 Å². The lowest BCUT2D eigenvalue weighted by Gasteiger charge is -2.08. The molecule has 6 nitrogen and oxygen atoms in total. The van der Waals surface area contributed by atoms with Gasteiger partial charge >= 0.3 is 0 Å². The number of hydrogen-bond acceptors (Lipinski definition) is 4. The molecule has 10 heteroatoms. The van der Waals surface area contributed by atoms with Gasteiger partial charge in [0.25, 0.3) is 20.2 Å². The maximum Gasteiger partial charge on any atom is 0.294 e. The summed E-state index contributed by atoms with van der Waals surface area (Å²) in [7, 11) is -8.98. The van der Waals surface area contributed by atoms with Gasteiger partial charge in [0.2, 0.25) is 0 Å². The second-order valence-electron chi connectivity index (χ2n) is 4.30.